The number of nitriles is 1. The standard InChI is InChI=1S/C24H30ClN5O.CH4/c25-21-14-28-19(12-17-4-6-18(27)7-5-17)13-20(21)22-2-1-3-23(30-22)29-16-24(15-26)8-10-31-11-9-24;/h1-3,13-14,17-18H,4-12,16,27H2,(H,29,30);1H4. The first-order chi connectivity index (χ1) is 15.1. The monoisotopic (exact) mass is 455 g/mol. The van der Waals surface area contributed by atoms with E-state index < -0.39 is 5.41 Å². The van der Waals surface area contributed by atoms with E-state index in [0.717, 1.165) is 67.7 Å². The van der Waals surface area contributed by atoms with Gasteiger partial charge in [-0.25, -0.2) is 4.98 Å². The summed E-state index contributed by atoms with van der Waals surface area (Å²) in [5.74, 6) is 1.37. The molecule has 3 heterocycles. The minimum atomic E-state index is -0.403. The molecule has 0 unspecified atom stereocenters. The number of hydrogen-bond donors (Lipinski definition) is 2. The Morgan fingerprint density at radius 1 is 1.22 bits per heavy atom. The third-order valence-corrected chi connectivity index (χ3v) is 6.92. The van der Waals surface area contributed by atoms with E-state index in [1.54, 1.807) is 6.20 Å². The third-order valence-electron chi connectivity index (χ3n) is 6.62. The normalized spacial score (nSPS) is 22.4. The van der Waals surface area contributed by atoms with Crippen LogP contribution >= 0.6 is 11.6 Å². The zero-order valence-electron chi connectivity index (χ0n) is 17.8. The Hall–Kier alpha value is -2.20. The molecule has 0 radical (unpaired) electrons. The number of pyridine rings is 2. The van der Waals surface area contributed by atoms with Gasteiger partial charge in [-0.2, -0.15) is 5.26 Å². The zero-order valence-corrected chi connectivity index (χ0v) is 18.6. The number of ether oxygens (including phenoxy) is 1. The fourth-order valence-electron chi connectivity index (χ4n) is 4.51. The maximum Gasteiger partial charge on any atom is 0.126 e. The van der Waals surface area contributed by atoms with Crippen LogP contribution < -0.4 is 11.1 Å². The summed E-state index contributed by atoms with van der Waals surface area (Å²) < 4.78 is 5.42. The van der Waals surface area contributed by atoms with Gasteiger partial charge in [0, 0.05) is 43.3 Å². The molecule has 172 valence electrons. The van der Waals surface area contributed by atoms with Crippen LogP contribution in [-0.4, -0.2) is 35.8 Å². The molecule has 4 rings (SSSR count). The van der Waals surface area contributed by atoms with Crippen molar-refractivity contribution in [3.05, 3.63) is 41.2 Å². The molecule has 1 aliphatic heterocycles. The highest BCUT2D eigenvalue weighted by Gasteiger charge is 2.32. The summed E-state index contributed by atoms with van der Waals surface area (Å²) in [5, 5.41) is 13.6. The lowest BCUT2D eigenvalue weighted by Crippen LogP contribution is -2.34. The number of rotatable bonds is 6. The lowest BCUT2D eigenvalue weighted by molar-refractivity contribution is 0.0455. The summed E-state index contributed by atoms with van der Waals surface area (Å²) >= 11 is 6.49. The van der Waals surface area contributed by atoms with Crippen LogP contribution in [0.4, 0.5) is 5.82 Å². The first-order valence-electron chi connectivity index (χ1n) is 11.2. The van der Waals surface area contributed by atoms with Gasteiger partial charge in [-0.1, -0.05) is 25.1 Å². The molecule has 1 saturated heterocycles. The summed E-state index contributed by atoms with van der Waals surface area (Å²) in [4.78, 5) is 9.33. The molecule has 0 bridgehead atoms. The largest absolute Gasteiger partial charge is 0.381 e. The van der Waals surface area contributed by atoms with E-state index >= 15 is 0 Å². The second-order valence-corrected chi connectivity index (χ2v) is 9.31. The predicted molar refractivity (Wildman–Crippen MR) is 129 cm³/mol. The van der Waals surface area contributed by atoms with Crippen molar-refractivity contribution in [1.29, 1.82) is 5.26 Å². The molecule has 2 aromatic rings. The van der Waals surface area contributed by atoms with Crippen molar-refractivity contribution in [1.82, 2.24) is 9.97 Å². The molecular weight excluding hydrogens is 422 g/mol. The van der Waals surface area contributed by atoms with E-state index in [9.17, 15) is 5.26 Å². The van der Waals surface area contributed by atoms with Crippen LogP contribution in [0.25, 0.3) is 11.3 Å². The number of nitrogens with two attached hydrogens (primary N) is 1. The van der Waals surface area contributed by atoms with E-state index in [1.807, 2.05) is 18.2 Å². The predicted octanol–water partition coefficient (Wildman–Crippen LogP) is 5.23. The molecule has 1 saturated carbocycles. The van der Waals surface area contributed by atoms with Crippen molar-refractivity contribution in [2.45, 2.75) is 58.4 Å². The molecule has 0 spiro atoms. The van der Waals surface area contributed by atoms with Crippen LogP contribution in [0.1, 0.15) is 51.6 Å². The lowest BCUT2D eigenvalue weighted by atomic mass is 9.82. The van der Waals surface area contributed by atoms with Crippen molar-refractivity contribution >= 4 is 17.4 Å². The van der Waals surface area contributed by atoms with E-state index in [-0.39, 0.29) is 7.43 Å². The van der Waals surface area contributed by atoms with Crippen LogP contribution in [0.15, 0.2) is 30.5 Å². The average Bonchev–Trinajstić information content (AvgIpc) is 2.81. The quantitative estimate of drug-likeness (QED) is 0.619. The number of aromatic nitrogens is 2. The number of anilines is 1. The Bertz CT molecular complexity index is 930. The molecule has 1 aliphatic carbocycles. The van der Waals surface area contributed by atoms with Gasteiger partial charge in [-0.3, -0.25) is 4.98 Å². The maximum absolute atomic E-state index is 9.67. The van der Waals surface area contributed by atoms with Crippen LogP contribution in [0.5, 0.6) is 0 Å². The Balaban J connectivity index is 0.00000289. The molecule has 0 aromatic carbocycles. The Morgan fingerprint density at radius 3 is 2.69 bits per heavy atom. The van der Waals surface area contributed by atoms with Crippen LogP contribution in [0.2, 0.25) is 5.02 Å². The van der Waals surface area contributed by atoms with E-state index in [4.69, 9.17) is 27.1 Å². The van der Waals surface area contributed by atoms with E-state index in [0.29, 0.717) is 36.7 Å². The number of halogens is 1. The highest BCUT2D eigenvalue weighted by atomic mass is 35.5. The molecule has 7 heteroatoms. The van der Waals surface area contributed by atoms with Crippen molar-refractivity contribution < 1.29 is 4.74 Å². The van der Waals surface area contributed by atoms with Gasteiger partial charge < -0.3 is 15.8 Å². The van der Waals surface area contributed by atoms with Crippen LogP contribution in [0, 0.1) is 22.7 Å². The summed E-state index contributed by atoms with van der Waals surface area (Å²) in [6.07, 6.45) is 8.65. The molecule has 32 heavy (non-hydrogen) atoms. The first kappa shape index (κ1) is 24.4. The minimum Gasteiger partial charge on any atom is -0.381 e. The highest BCUT2D eigenvalue weighted by Crippen LogP contribution is 2.32. The fourth-order valence-corrected chi connectivity index (χ4v) is 4.71. The minimum absolute atomic E-state index is 0. The van der Waals surface area contributed by atoms with E-state index in [1.165, 1.54) is 0 Å². The smallest absolute Gasteiger partial charge is 0.126 e. The SMILES string of the molecule is C.N#CC1(CNc2cccc(-c3cc(CC4CCC(N)CC4)ncc3Cl)n2)CCOCC1. The molecule has 3 N–H and O–H groups in total. The van der Waals surface area contributed by atoms with Gasteiger partial charge in [0.2, 0.25) is 0 Å². The Labute approximate surface area is 196 Å². The number of hydrogen-bond acceptors (Lipinski definition) is 6. The topological polar surface area (TPSA) is 96.9 Å². The van der Waals surface area contributed by atoms with Crippen molar-refractivity contribution in [2.24, 2.45) is 17.1 Å². The van der Waals surface area contributed by atoms with E-state index in [2.05, 4.69) is 22.4 Å². The zero-order chi connectivity index (χ0) is 21.7. The highest BCUT2D eigenvalue weighted by molar-refractivity contribution is 6.33. The van der Waals surface area contributed by atoms with Crippen molar-refractivity contribution in [3.8, 4) is 17.3 Å². The van der Waals surface area contributed by atoms with Gasteiger partial charge in [-0.05, 0) is 69.1 Å². The van der Waals surface area contributed by atoms with Gasteiger partial charge in [0.05, 0.1) is 22.2 Å². The third kappa shape index (κ3) is 5.98. The summed E-state index contributed by atoms with van der Waals surface area (Å²) in [6.45, 7) is 1.82. The molecule has 2 fully saturated rings. The second-order valence-electron chi connectivity index (χ2n) is 8.91. The Morgan fingerprint density at radius 2 is 1.97 bits per heavy atom. The molecule has 6 nitrogen and oxygen atoms in total. The maximum atomic E-state index is 9.67. The summed E-state index contributed by atoms with van der Waals surface area (Å²) in [5.41, 5.74) is 8.39. The van der Waals surface area contributed by atoms with Crippen molar-refractivity contribution in [3.63, 3.8) is 0 Å². The van der Waals surface area contributed by atoms with Crippen LogP contribution in [0.3, 0.4) is 0 Å². The number of nitrogens with zero attached hydrogens (tertiary/aromatic N) is 3. The molecule has 0 atom stereocenters. The molecule has 0 amide bonds. The second kappa shape index (κ2) is 11.1. The Kier molecular flexibility index (Phi) is 8.47. The summed E-state index contributed by atoms with van der Waals surface area (Å²) in [7, 11) is 0. The van der Waals surface area contributed by atoms with Gasteiger partial charge in [0.1, 0.15) is 5.82 Å². The van der Waals surface area contributed by atoms with Crippen molar-refractivity contribution in [2.75, 3.05) is 25.1 Å². The van der Waals surface area contributed by atoms with Gasteiger partial charge in [0.25, 0.3) is 0 Å². The van der Waals surface area contributed by atoms with Gasteiger partial charge in [0.15, 0.2) is 0 Å². The fraction of sp³-hybridized carbons (Fsp3) is 0.560. The molecule has 2 aliphatic rings. The van der Waals surface area contributed by atoms with Gasteiger partial charge >= 0.3 is 0 Å². The average molecular weight is 456 g/mol. The lowest BCUT2D eigenvalue weighted by Gasteiger charge is -2.30. The summed E-state index contributed by atoms with van der Waals surface area (Å²) in [6, 6.07) is 10.8. The number of nitrogens with one attached hydrogen (secondary N) is 1. The molecular formula is C25H34ClN5O. The molecule has 2 aromatic heterocycles. The van der Waals surface area contributed by atoms with Gasteiger partial charge in [-0.15, -0.1) is 0 Å². The van der Waals surface area contributed by atoms with Crippen LogP contribution in [-0.2, 0) is 11.2 Å². The first-order valence-corrected chi connectivity index (χ1v) is 11.5.